The molecule has 0 bridgehead atoms. The first-order chi connectivity index (χ1) is 11.2. The van der Waals surface area contributed by atoms with Gasteiger partial charge in [0.2, 0.25) is 5.91 Å². The topological polar surface area (TPSA) is 54.9 Å². The Hall–Kier alpha value is -2.05. The van der Waals surface area contributed by atoms with Crippen LogP contribution in [-0.4, -0.2) is 15.9 Å². The van der Waals surface area contributed by atoms with Crippen molar-refractivity contribution in [3.63, 3.8) is 0 Å². The van der Waals surface area contributed by atoms with Gasteiger partial charge in [0.05, 0.1) is 24.4 Å². The Labute approximate surface area is 146 Å². The van der Waals surface area contributed by atoms with E-state index in [4.69, 9.17) is 0 Å². The second kappa shape index (κ2) is 7.48. The third-order valence-electron chi connectivity index (χ3n) is 3.16. The lowest BCUT2D eigenvalue weighted by Crippen LogP contribution is -2.25. The highest BCUT2D eigenvalue weighted by molar-refractivity contribution is 9.10. The lowest BCUT2D eigenvalue weighted by Gasteiger charge is -2.03. The van der Waals surface area contributed by atoms with E-state index < -0.39 is 0 Å². The number of pyridine rings is 1. The first kappa shape index (κ1) is 15.8. The summed E-state index contributed by atoms with van der Waals surface area (Å²) in [5.74, 6) is -0.0539. The van der Waals surface area contributed by atoms with Crippen LogP contribution in [0.15, 0.2) is 58.5 Å². The number of amides is 1. The number of carbonyl (C=O) groups is 1. The van der Waals surface area contributed by atoms with E-state index in [2.05, 4.69) is 31.2 Å². The zero-order valence-corrected chi connectivity index (χ0v) is 14.6. The quantitative estimate of drug-likeness (QED) is 0.723. The molecule has 4 nitrogen and oxygen atoms in total. The smallest absolute Gasteiger partial charge is 0.226 e. The summed E-state index contributed by atoms with van der Waals surface area (Å²) < 4.78 is 1.01. The average Bonchev–Trinajstić information content (AvgIpc) is 3.02. The largest absolute Gasteiger partial charge is 0.350 e. The zero-order valence-electron chi connectivity index (χ0n) is 12.2. The highest BCUT2D eigenvalue weighted by Crippen LogP contribution is 2.26. The second-order valence-corrected chi connectivity index (χ2v) is 6.70. The molecule has 2 heterocycles. The maximum Gasteiger partial charge on any atom is 0.226 e. The Morgan fingerprint density at radius 1 is 1.17 bits per heavy atom. The van der Waals surface area contributed by atoms with Gasteiger partial charge in [0.15, 0.2) is 0 Å². The van der Waals surface area contributed by atoms with Crippen molar-refractivity contribution in [2.75, 3.05) is 0 Å². The predicted octanol–water partition coefficient (Wildman–Crippen LogP) is 3.83. The van der Waals surface area contributed by atoms with E-state index in [0.717, 1.165) is 26.4 Å². The molecule has 0 radical (unpaired) electrons. The van der Waals surface area contributed by atoms with Gasteiger partial charge in [0.25, 0.3) is 0 Å². The Morgan fingerprint density at radius 3 is 2.87 bits per heavy atom. The number of thiazole rings is 1. The molecule has 0 atom stereocenters. The fraction of sp³-hybridized carbons (Fsp3) is 0.118. The molecular formula is C17H14BrN3OS. The second-order valence-electron chi connectivity index (χ2n) is 4.93. The van der Waals surface area contributed by atoms with Gasteiger partial charge >= 0.3 is 0 Å². The molecule has 0 aliphatic carbocycles. The normalized spacial score (nSPS) is 10.5. The molecule has 1 aromatic carbocycles. The summed E-state index contributed by atoms with van der Waals surface area (Å²) in [6.07, 6.45) is 1.99. The summed E-state index contributed by atoms with van der Waals surface area (Å²) in [6, 6.07) is 13.6. The van der Waals surface area contributed by atoms with Crippen molar-refractivity contribution < 1.29 is 4.79 Å². The first-order valence-corrected chi connectivity index (χ1v) is 8.75. The van der Waals surface area contributed by atoms with Crippen molar-refractivity contribution in [3.05, 3.63) is 69.9 Å². The molecule has 1 amide bonds. The maximum atomic E-state index is 12.0. The molecule has 116 valence electrons. The molecule has 0 aliphatic rings. The molecule has 3 aromatic rings. The molecule has 0 unspecified atom stereocenters. The van der Waals surface area contributed by atoms with E-state index in [1.54, 1.807) is 17.5 Å². The van der Waals surface area contributed by atoms with Gasteiger partial charge in [-0.25, -0.2) is 4.98 Å². The molecule has 2 aromatic heterocycles. The van der Waals surface area contributed by atoms with Crippen molar-refractivity contribution >= 4 is 33.2 Å². The minimum absolute atomic E-state index is 0.0539. The first-order valence-electron chi connectivity index (χ1n) is 7.07. The fourth-order valence-electron chi connectivity index (χ4n) is 2.06. The molecule has 0 spiro atoms. The summed E-state index contributed by atoms with van der Waals surface area (Å²) in [4.78, 5) is 20.7. The van der Waals surface area contributed by atoms with Crippen LogP contribution >= 0.6 is 27.3 Å². The van der Waals surface area contributed by atoms with Crippen LogP contribution in [0.3, 0.4) is 0 Å². The van der Waals surface area contributed by atoms with Crippen LogP contribution < -0.4 is 5.32 Å². The number of hydrogen-bond acceptors (Lipinski definition) is 4. The predicted molar refractivity (Wildman–Crippen MR) is 95.0 cm³/mol. The minimum atomic E-state index is -0.0539. The number of benzene rings is 1. The van der Waals surface area contributed by atoms with E-state index in [1.807, 2.05) is 47.8 Å². The van der Waals surface area contributed by atoms with E-state index in [-0.39, 0.29) is 12.3 Å². The van der Waals surface area contributed by atoms with Crippen LogP contribution in [0.5, 0.6) is 0 Å². The van der Waals surface area contributed by atoms with Crippen molar-refractivity contribution in [2.45, 2.75) is 13.0 Å². The summed E-state index contributed by atoms with van der Waals surface area (Å²) >= 11 is 5.00. The highest BCUT2D eigenvalue weighted by Gasteiger charge is 2.09. The Morgan fingerprint density at radius 2 is 2.09 bits per heavy atom. The average molecular weight is 388 g/mol. The van der Waals surface area contributed by atoms with Gasteiger partial charge in [-0.05, 0) is 24.3 Å². The molecule has 6 heteroatoms. The van der Waals surface area contributed by atoms with E-state index >= 15 is 0 Å². The molecule has 0 saturated heterocycles. The molecule has 0 aliphatic heterocycles. The van der Waals surface area contributed by atoms with Crippen LogP contribution in [0.2, 0.25) is 0 Å². The Balaban J connectivity index is 1.59. The molecule has 0 fully saturated rings. The Bertz CT molecular complexity index is 804. The SMILES string of the molecule is O=C(Cc1csc(-c2cccc(Br)c2)n1)NCc1ccccn1. The number of nitrogens with one attached hydrogen (secondary N) is 1. The molecule has 23 heavy (non-hydrogen) atoms. The number of halogens is 1. The van der Waals surface area contributed by atoms with Crippen LogP contribution in [-0.2, 0) is 17.8 Å². The summed E-state index contributed by atoms with van der Waals surface area (Å²) in [7, 11) is 0. The minimum Gasteiger partial charge on any atom is -0.350 e. The van der Waals surface area contributed by atoms with E-state index in [9.17, 15) is 4.79 Å². The standard InChI is InChI=1S/C17H14BrN3OS/c18-13-5-3-4-12(8-13)17-21-15(11-23-17)9-16(22)20-10-14-6-1-2-7-19-14/h1-8,11H,9-10H2,(H,20,22). The summed E-state index contributed by atoms with van der Waals surface area (Å²) in [6.45, 7) is 0.433. The number of aromatic nitrogens is 2. The lowest BCUT2D eigenvalue weighted by atomic mass is 10.2. The highest BCUT2D eigenvalue weighted by atomic mass is 79.9. The molecular weight excluding hydrogens is 374 g/mol. The Kier molecular flexibility index (Phi) is 5.15. The van der Waals surface area contributed by atoms with Crippen molar-refractivity contribution in [1.82, 2.24) is 15.3 Å². The van der Waals surface area contributed by atoms with Crippen LogP contribution in [0.1, 0.15) is 11.4 Å². The molecule has 0 saturated carbocycles. The van der Waals surface area contributed by atoms with Gasteiger partial charge in [-0.15, -0.1) is 11.3 Å². The number of nitrogens with zero attached hydrogens (tertiary/aromatic N) is 2. The van der Waals surface area contributed by atoms with Crippen LogP contribution in [0.25, 0.3) is 10.6 Å². The van der Waals surface area contributed by atoms with Gasteiger partial charge in [-0.1, -0.05) is 34.1 Å². The molecule has 1 N–H and O–H groups in total. The monoisotopic (exact) mass is 387 g/mol. The van der Waals surface area contributed by atoms with Gasteiger partial charge in [0, 0.05) is 21.6 Å². The lowest BCUT2D eigenvalue weighted by molar-refractivity contribution is -0.120. The zero-order chi connectivity index (χ0) is 16.1. The summed E-state index contributed by atoms with van der Waals surface area (Å²) in [5.41, 5.74) is 2.67. The van der Waals surface area contributed by atoms with Crippen LogP contribution in [0, 0.1) is 0 Å². The van der Waals surface area contributed by atoms with Crippen molar-refractivity contribution in [1.29, 1.82) is 0 Å². The van der Waals surface area contributed by atoms with Gasteiger partial charge in [-0.3, -0.25) is 9.78 Å². The van der Waals surface area contributed by atoms with Crippen molar-refractivity contribution in [3.8, 4) is 10.6 Å². The maximum absolute atomic E-state index is 12.0. The third kappa shape index (κ3) is 4.46. The van der Waals surface area contributed by atoms with E-state index in [1.165, 1.54) is 0 Å². The van der Waals surface area contributed by atoms with Crippen molar-refractivity contribution in [2.24, 2.45) is 0 Å². The fourth-order valence-corrected chi connectivity index (χ4v) is 3.28. The van der Waals surface area contributed by atoms with Gasteiger partial charge in [0.1, 0.15) is 5.01 Å². The van der Waals surface area contributed by atoms with Gasteiger partial charge in [-0.2, -0.15) is 0 Å². The number of rotatable bonds is 5. The number of hydrogen-bond donors (Lipinski definition) is 1. The third-order valence-corrected chi connectivity index (χ3v) is 4.59. The summed E-state index contributed by atoms with van der Waals surface area (Å²) in [5, 5.41) is 5.70. The molecule has 3 rings (SSSR count). The number of carbonyl (C=O) groups excluding carboxylic acids is 1. The van der Waals surface area contributed by atoms with E-state index in [0.29, 0.717) is 6.54 Å². The van der Waals surface area contributed by atoms with Crippen LogP contribution in [0.4, 0.5) is 0 Å². The van der Waals surface area contributed by atoms with Gasteiger partial charge < -0.3 is 5.32 Å².